The minimum atomic E-state index is -0.902. The maximum absolute atomic E-state index is 13.0. The van der Waals surface area contributed by atoms with Crippen molar-refractivity contribution in [3.8, 4) is 5.75 Å². The van der Waals surface area contributed by atoms with Crippen LogP contribution in [0, 0.1) is 22.9 Å². The molecule has 0 heterocycles. The highest BCUT2D eigenvalue weighted by molar-refractivity contribution is 5.36. The van der Waals surface area contributed by atoms with Gasteiger partial charge in [-0.1, -0.05) is 6.07 Å². The molecule has 2 rings (SSSR count). The van der Waals surface area contributed by atoms with Gasteiger partial charge < -0.3 is 9.84 Å². The van der Waals surface area contributed by atoms with E-state index in [1.807, 2.05) is 0 Å². The summed E-state index contributed by atoms with van der Waals surface area (Å²) in [6, 6.07) is 9.69. The Balaban J connectivity index is 2.00. The average molecular weight is 291 g/mol. The summed E-state index contributed by atoms with van der Waals surface area (Å²) >= 11 is 0. The van der Waals surface area contributed by atoms with Gasteiger partial charge in [0.05, 0.1) is 4.92 Å². The summed E-state index contributed by atoms with van der Waals surface area (Å²) in [5.74, 6) is 0.0548. The van der Waals surface area contributed by atoms with Gasteiger partial charge in [-0.05, 0) is 42.3 Å². The number of rotatable bonds is 5. The summed E-state index contributed by atoms with van der Waals surface area (Å²) in [5, 5.41) is 20.6. The Morgan fingerprint density at radius 2 is 1.95 bits per heavy atom. The molecule has 0 amide bonds. The van der Waals surface area contributed by atoms with Crippen molar-refractivity contribution in [3.05, 3.63) is 69.5 Å². The number of benzene rings is 2. The fourth-order valence-corrected chi connectivity index (χ4v) is 1.94. The standard InChI is InChI=1S/C15H14FNO4/c1-10-8-11(16)2-7-14(10)15(18)9-21-13-5-3-12(4-6-13)17(19)20/h2-8,15,18H,9H2,1H3. The van der Waals surface area contributed by atoms with Gasteiger partial charge >= 0.3 is 0 Å². The summed E-state index contributed by atoms with van der Waals surface area (Å²) in [6.45, 7) is 1.68. The summed E-state index contributed by atoms with van der Waals surface area (Å²) in [7, 11) is 0. The van der Waals surface area contributed by atoms with Crippen LogP contribution in [0.15, 0.2) is 42.5 Å². The predicted octanol–water partition coefficient (Wildman–Crippen LogP) is 3.15. The quantitative estimate of drug-likeness (QED) is 0.678. The van der Waals surface area contributed by atoms with Crippen molar-refractivity contribution in [3.63, 3.8) is 0 Å². The number of ether oxygens (including phenoxy) is 1. The number of non-ortho nitro benzene ring substituents is 1. The Labute approximate surface area is 120 Å². The highest BCUT2D eigenvalue weighted by Gasteiger charge is 2.12. The Kier molecular flexibility index (Phi) is 4.49. The van der Waals surface area contributed by atoms with Crippen LogP contribution in [0.25, 0.3) is 0 Å². The van der Waals surface area contributed by atoms with Crippen molar-refractivity contribution in [1.29, 1.82) is 0 Å². The van der Waals surface area contributed by atoms with E-state index in [1.165, 1.54) is 42.5 Å². The zero-order valence-corrected chi connectivity index (χ0v) is 11.3. The summed E-state index contributed by atoms with van der Waals surface area (Å²) < 4.78 is 18.4. The number of halogens is 1. The van der Waals surface area contributed by atoms with Gasteiger partial charge in [-0.25, -0.2) is 4.39 Å². The van der Waals surface area contributed by atoms with Crippen molar-refractivity contribution < 1.29 is 19.2 Å². The van der Waals surface area contributed by atoms with Gasteiger partial charge in [-0.15, -0.1) is 0 Å². The van der Waals surface area contributed by atoms with E-state index in [0.29, 0.717) is 16.9 Å². The van der Waals surface area contributed by atoms with Crippen LogP contribution in [-0.2, 0) is 0 Å². The zero-order chi connectivity index (χ0) is 15.4. The van der Waals surface area contributed by atoms with E-state index in [1.54, 1.807) is 6.92 Å². The lowest BCUT2D eigenvalue weighted by atomic mass is 10.0. The molecule has 0 saturated heterocycles. The molecule has 5 nitrogen and oxygen atoms in total. The molecular weight excluding hydrogens is 277 g/mol. The Morgan fingerprint density at radius 1 is 1.29 bits per heavy atom. The fraction of sp³-hybridized carbons (Fsp3) is 0.200. The first-order chi connectivity index (χ1) is 9.97. The SMILES string of the molecule is Cc1cc(F)ccc1C(O)COc1ccc([N+](=O)[O-])cc1. The van der Waals surface area contributed by atoms with Crippen LogP contribution in [0.5, 0.6) is 5.75 Å². The lowest BCUT2D eigenvalue weighted by molar-refractivity contribution is -0.384. The minimum Gasteiger partial charge on any atom is -0.491 e. The van der Waals surface area contributed by atoms with E-state index in [-0.39, 0.29) is 18.1 Å². The number of aryl methyl sites for hydroxylation is 1. The third-order valence-corrected chi connectivity index (χ3v) is 3.05. The van der Waals surface area contributed by atoms with E-state index >= 15 is 0 Å². The second-order valence-corrected chi connectivity index (χ2v) is 4.58. The maximum atomic E-state index is 13.0. The Morgan fingerprint density at radius 3 is 2.52 bits per heavy atom. The van der Waals surface area contributed by atoms with E-state index in [9.17, 15) is 19.6 Å². The molecule has 1 atom stereocenters. The number of hydrogen-bond acceptors (Lipinski definition) is 4. The van der Waals surface area contributed by atoms with Crippen molar-refractivity contribution in [2.45, 2.75) is 13.0 Å². The van der Waals surface area contributed by atoms with Crippen LogP contribution in [-0.4, -0.2) is 16.6 Å². The normalized spacial score (nSPS) is 12.0. The van der Waals surface area contributed by atoms with Gasteiger partial charge in [-0.2, -0.15) is 0 Å². The molecule has 0 saturated carbocycles. The molecule has 0 fully saturated rings. The first kappa shape index (κ1) is 14.9. The molecule has 0 aliphatic rings. The third-order valence-electron chi connectivity index (χ3n) is 3.05. The van der Waals surface area contributed by atoms with Crippen molar-refractivity contribution in [1.82, 2.24) is 0 Å². The monoisotopic (exact) mass is 291 g/mol. The lowest BCUT2D eigenvalue weighted by Crippen LogP contribution is -2.11. The van der Waals surface area contributed by atoms with Crippen molar-refractivity contribution in [2.75, 3.05) is 6.61 Å². The van der Waals surface area contributed by atoms with Gasteiger partial charge in [0.25, 0.3) is 5.69 Å². The molecule has 2 aromatic rings. The number of aliphatic hydroxyl groups is 1. The van der Waals surface area contributed by atoms with Gasteiger partial charge in [0.15, 0.2) is 0 Å². The zero-order valence-electron chi connectivity index (χ0n) is 11.3. The highest BCUT2D eigenvalue weighted by atomic mass is 19.1. The number of nitrogens with zero attached hydrogens (tertiary/aromatic N) is 1. The van der Waals surface area contributed by atoms with E-state index < -0.39 is 11.0 Å². The van der Waals surface area contributed by atoms with Crippen molar-refractivity contribution >= 4 is 5.69 Å². The second-order valence-electron chi connectivity index (χ2n) is 4.58. The first-order valence-electron chi connectivity index (χ1n) is 6.29. The van der Waals surface area contributed by atoms with Crippen LogP contribution < -0.4 is 4.74 Å². The number of nitro groups is 1. The molecule has 21 heavy (non-hydrogen) atoms. The summed E-state index contributed by atoms with van der Waals surface area (Å²) in [4.78, 5) is 10.0. The average Bonchev–Trinajstić information content (AvgIpc) is 2.45. The largest absolute Gasteiger partial charge is 0.491 e. The van der Waals surface area contributed by atoms with E-state index in [4.69, 9.17) is 4.74 Å². The predicted molar refractivity (Wildman–Crippen MR) is 74.7 cm³/mol. The summed E-state index contributed by atoms with van der Waals surface area (Å²) in [5.41, 5.74) is 1.19. The number of nitro benzene ring substituents is 1. The Hall–Kier alpha value is -2.47. The molecule has 2 aromatic carbocycles. The molecule has 0 bridgehead atoms. The fourth-order valence-electron chi connectivity index (χ4n) is 1.94. The third kappa shape index (κ3) is 3.76. The molecule has 0 aliphatic carbocycles. The molecule has 1 N–H and O–H groups in total. The molecule has 0 radical (unpaired) electrons. The van der Waals surface area contributed by atoms with Crippen LogP contribution in [0.1, 0.15) is 17.2 Å². The second kappa shape index (κ2) is 6.32. The Bertz CT molecular complexity index is 643. The summed E-state index contributed by atoms with van der Waals surface area (Å²) in [6.07, 6.45) is -0.902. The molecule has 1 unspecified atom stereocenters. The van der Waals surface area contributed by atoms with Crippen LogP contribution in [0.3, 0.4) is 0 Å². The lowest BCUT2D eigenvalue weighted by Gasteiger charge is -2.14. The number of aliphatic hydroxyl groups excluding tert-OH is 1. The topological polar surface area (TPSA) is 72.6 Å². The molecule has 0 aromatic heterocycles. The molecule has 110 valence electrons. The van der Waals surface area contributed by atoms with Gasteiger partial charge in [0.1, 0.15) is 24.3 Å². The van der Waals surface area contributed by atoms with Crippen molar-refractivity contribution in [2.24, 2.45) is 0 Å². The van der Waals surface area contributed by atoms with Gasteiger partial charge in [0.2, 0.25) is 0 Å². The van der Waals surface area contributed by atoms with E-state index in [0.717, 1.165) is 0 Å². The highest BCUT2D eigenvalue weighted by Crippen LogP contribution is 2.22. The molecule has 0 spiro atoms. The molecule has 0 aliphatic heterocycles. The van der Waals surface area contributed by atoms with Crippen LogP contribution in [0.2, 0.25) is 0 Å². The van der Waals surface area contributed by atoms with Crippen LogP contribution >= 0.6 is 0 Å². The maximum Gasteiger partial charge on any atom is 0.269 e. The van der Waals surface area contributed by atoms with Gasteiger partial charge in [0, 0.05) is 12.1 Å². The van der Waals surface area contributed by atoms with E-state index in [2.05, 4.69) is 0 Å². The smallest absolute Gasteiger partial charge is 0.269 e. The van der Waals surface area contributed by atoms with Crippen LogP contribution in [0.4, 0.5) is 10.1 Å². The molecular formula is C15H14FNO4. The minimum absolute atomic E-state index is 0.0235. The number of hydrogen-bond donors (Lipinski definition) is 1. The first-order valence-corrected chi connectivity index (χ1v) is 6.29. The molecule has 6 heteroatoms. The van der Waals surface area contributed by atoms with Gasteiger partial charge in [-0.3, -0.25) is 10.1 Å².